The number of urea groups is 1. The highest BCUT2D eigenvalue weighted by molar-refractivity contribution is 6.00. The Morgan fingerprint density at radius 1 is 1.32 bits per heavy atom. The smallest absolute Gasteiger partial charge is 0.340 e. The lowest BCUT2D eigenvalue weighted by molar-refractivity contribution is 0.0564. The van der Waals surface area contributed by atoms with Crippen LogP contribution in [0, 0.1) is 5.82 Å². The SMILES string of the molecule is O=C(O)c1c(F)cccc1NC(=O)N1CCOCC1. The maximum Gasteiger partial charge on any atom is 0.340 e. The fourth-order valence-corrected chi connectivity index (χ4v) is 1.81. The first-order chi connectivity index (χ1) is 9.09. The molecule has 1 heterocycles. The van der Waals surface area contributed by atoms with E-state index < -0.39 is 23.4 Å². The molecule has 0 aliphatic carbocycles. The van der Waals surface area contributed by atoms with Crippen molar-refractivity contribution in [2.24, 2.45) is 0 Å². The molecular weight excluding hydrogens is 255 g/mol. The van der Waals surface area contributed by atoms with Crippen LogP contribution in [0.5, 0.6) is 0 Å². The van der Waals surface area contributed by atoms with Gasteiger partial charge in [0.1, 0.15) is 11.4 Å². The monoisotopic (exact) mass is 268 g/mol. The molecule has 0 spiro atoms. The van der Waals surface area contributed by atoms with Gasteiger partial charge in [0.15, 0.2) is 0 Å². The van der Waals surface area contributed by atoms with Crippen molar-refractivity contribution < 1.29 is 23.8 Å². The van der Waals surface area contributed by atoms with Gasteiger partial charge in [-0.25, -0.2) is 14.0 Å². The lowest BCUT2D eigenvalue weighted by atomic mass is 10.1. The van der Waals surface area contributed by atoms with Crippen molar-refractivity contribution in [3.8, 4) is 0 Å². The lowest BCUT2D eigenvalue weighted by Crippen LogP contribution is -2.43. The van der Waals surface area contributed by atoms with Crippen LogP contribution in [-0.2, 0) is 4.74 Å². The first-order valence-electron chi connectivity index (χ1n) is 5.75. The number of carbonyl (C=O) groups is 2. The minimum atomic E-state index is -1.42. The number of carboxylic acid groups (broad SMARTS) is 1. The van der Waals surface area contributed by atoms with Crippen LogP contribution in [0.2, 0.25) is 0 Å². The van der Waals surface area contributed by atoms with Gasteiger partial charge in [0.2, 0.25) is 0 Å². The molecule has 1 aromatic rings. The molecule has 1 saturated heterocycles. The number of morpholine rings is 1. The van der Waals surface area contributed by atoms with Gasteiger partial charge in [-0.3, -0.25) is 0 Å². The summed E-state index contributed by atoms with van der Waals surface area (Å²) in [5.41, 5.74) is -0.590. The van der Waals surface area contributed by atoms with E-state index in [0.29, 0.717) is 26.3 Å². The van der Waals surface area contributed by atoms with Crippen LogP contribution < -0.4 is 5.32 Å². The maximum atomic E-state index is 13.4. The fourth-order valence-electron chi connectivity index (χ4n) is 1.81. The van der Waals surface area contributed by atoms with E-state index in [-0.39, 0.29) is 5.69 Å². The average Bonchev–Trinajstić information content (AvgIpc) is 2.39. The fraction of sp³-hybridized carbons (Fsp3) is 0.333. The number of hydrogen-bond donors (Lipinski definition) is 2. The minimum Gasteiger partial charge on any atom is -0.478 e. The summed E-state index contributed by atoms with van der Waals surface area (Å²) in [4.78, 5) is 24.4. The van der Waals surface area contributed by atoms with Crippen molar-refractivity contribution >= 4 is 17.7 Å². The normalized spacial score (nSPS) is 15.1. The van der Waals surface area contributed by atoms with Gasteiger partial charge < -0.3 is 20.1 Å². The van der Waals surface area contributed by atoms with Crippen molar-refractivity contribution in [1.29, 1.82) is 0 Å². The summed E-state index contributed by atoms with van der Waals surface area (Å²) in [5.74, 6) is -2.30. The van der Waals surface area contributed by atoms with Crippen LogP contribution >= 0.6 is 0 Å². The van der Waals surface area contributed by atoms with E-state index in [4.69, 9.17) is 9.84 Å². The second-order valence-electron chi connectivity index (χ2n) is 4.00. The van der Waals surface area contributed by atoms with Crippen LogP contribution in [0.4, 0.5) is 14.9 Å². The van der Waals surface area contributed by atoms with E-state index in [1.165, 1.54) is 17.0 Å². The number of nitrogens with one attached hydrogen (secondary N) is 1. The highest BCUT2D eigenvalue weighted by Gasteiger charge is 2.21. The topological polar surface area (TPSA) is 78.9 Å². The molecule has 0 saturated carbocycles. The zero-order valence-electron chi connectivity index (χ0n) is 10.1. The van der Waals surface area contributed by atoms with Crippen molar-refractivity contribution in [2.45, 2.75) is 0 Å². The van der Waals surface area contributed by atoms with E-state index in [2.05, 4.69) is 5.32 Å². The number of halogens is 1. The average molecular weight is 268 g/mol. The first kappa shape index (κ1) is 13.3. The van der Waals surface area contributed by atoms with Crippen molar-refractivity contribution in [1.82, 2.24) is 4.90 Å². The second kappa shape index (κ2) is 5.66. The molecule has 2 rings (SSSR count). The Hall–Kier alpha value is -2.15. The van der Waals surface area contributed by atoms with Crippen LogP contribution in [0.1, 0.15) is 10.4 Å². The summed E-state index contributed by atoms with van der Waals surface area (Å²) in [6.07, 6.45) is 0. The van der Waals surface area contributed by atoms with Gasteiger partial charge in [-0.15, -0.1) is 0 Å². The number of hydrogen-bond acceptors (Lipinski definition) is 3. The third kappa shape index (κ3) is 3.00. The molecule has 1 fully saturated rings. The van der Waals surface area contributed by atoms with Crippen LogP contribution in [0.3, 0.4) is 0 Å². The molecule has 102 valence electrons. The number of carboxylic acids is 1. The molecule has 1 aliphatic heterocycles. The largest absolute Gasteiger partial charge is 0.478 e. The Balaban J connectivity index is 2.16. The zero-order valence-corrected chi connectivity index (χ0v) is 10.1. The van der Waals surface area contributed by atoms with E-state index in [1.807, 2.05) is 0 Å². The third-order valence-electron chi connectivity index (χ3n) is 2.77. The summed E-state index contributed by atoms with van der Waals surface area (Å²) in [7, 11) is 0. The van der Waals surface area contributed by atoms with E-state index in [9.17, 15) is 14.0 Å². The van der Waals surface area contributed by atoms with Gasteiger partial charge in [0.25, 0.3) is 0 Å². The molecule has 1 aliphatic rings. The first-order valence-corrected chi connectivity index (χ1v) is 5.75. The number of rotatable bonds is 2. The molecule has 7 heteroatoms. The Kier molecular flexibility index (Phi) is 3.96. The van der Waals surface area contributed by atoms with Crippen molar-refractivity contribution in [2.75, 3.05) is 31.6 Å². The summed E-state index contributed by atoms with van der Waals surface area (Å²) >= 11 is 0. The molecule has 0 bridgehead atoms. The van der Waals surface area contributed by atoms with Crippen LogP contribution in [-0.4, -0.2) is 48.3 Å². The third-order valence-corrected chi connectivity index (χ3v) is 2.77. The minimum absolute atomic E-state index is 0.0519. The summed E-state index contributed by atoms with van der Waals surface area (Å²) < 4.78 is 18.5. The van der Waals surface area contributed by atoms with Gasteiger partial charge in [-0.05, 0) is 12.1 Å². The van der Waals surface area contributed by atoms with E-state index >= 15 is 0 Å². The molecule has 1 aromatic carbocycles. The lowest BCUT2D eigenvalue weighted by Gasteiger charge is -2.27. The van der Waals surface area contributed by atoms with Crippen molar-refractivity contribution in [3.05, 3.63) is 29.6 Å². The molecule has 0 unspecified atom stereocenters. The van der Waals surface area contributed by atoms with Gasteiger partial charge in [0, 0.05) is 13.1 Å². The van der Waals surface area contributed by atoms with Gasteiger partial charge in [0.05, 0.1) is 18.9 Å². The molecular formula is C12H13FN2O4. The number of carbonyl (C=O) groups excluding carboxylic acids is 1. The Morgan fingerprint density at radius 2 is 2.00 bits per heavy atom. The summed E-state index contributed by atoms with van der Waals surface area (Å²) in [6.45, 7) is 1.71. The number of nitrogens with zero attached hydrogens (tertiary/aromatic N) is 1. The standard InChI is InChI=1S/C12H13FN2O4/c13-8-2-1-3-9(10(8)11(16)17)14-12(18)15-4-6-19-7-5-15/h1-3H,4-7H2,(H,14,18)(H,16,17). The molecule has 0 radical (unpaired) electrons. The molecule has 0 aromatic heterocycles. The van der Waals surface area contributed by atoms with E-state index in [1.54, 1.807) is 0 Å². The van der Waals surface area contributed by atoms with Gasteiger partial charge in [-0.1, -0.05) is 6.07 Å². The number of aromatic carboxylic acids is 1. The molecule has 2 N–H and O–H groups in total. The zero-order chi connectivity index (χ0) is 13.8. The number of amides is 2. The van der Waals surface area contributed by atoms with Gasteiger partial charge >= 0.3 is 12.0 Å². The maximum absolute atomic E-state index is 13.4. The summed E-state index contributed by atoms with van der Waals surface area (Å²) in [6, 6.07) is 3.27. The highest BCUT2D eigenvalue weighted by atomic mass is 19.1. The molecule has 2 amide bonds. The highest BCUT2D eigenvalue weighted by Crippen LogP contribution is 2.19. The Bertz CT molecular complexity index is 501. The number of benzene rings is 1. The molecule has 0 atom stereocenters. The van der Waals surface area contributed by atoms with Crippen LogP contribution in [0.25, 0.3) is 0 Å². The second-order valence-corrected chi connectivity index (χ2v) is 4.00. The number of ether oxygens (including phenoxy) is 1. The predicted octanol–water partition coefficient (Wildman–Crippen LogP) is 1.39. The number of anilines is 1. The van der Waals surface area contributed by atoms with E-state index in [0.717, 1.165) is 6.07 Å². The Labute approximate surface area is 108 Å². The summed E-state index contributed by atoms with van der Waals surface area (Å²) in [5, 5.41) is 11.4. The predicted molar refractivity (Wildman–Crippen MR) is 64.8 cm³/mol. The quantitative estimate of drug-likeness (QED) is 0.849. The van der Waals surface area contributed by atoms with Gasteiger partial charge in [-0.2, -0.15) is 0 Å². The molecule has 19 heavy (non-hydrogen) atoms. The van der Waals surface area contributed by atoms with Crippen molar-refractivity contribution in [3.63, 3.8) is 0 Å². The molecule has 6 nitrogen and oxygen atoms in total. The Morgan fingerprint density at radius 3 is 2.63 bits per heavy atom. The van der Waals surface area contributed by atoms with Crippen LogP contribution in [0.15, 0.2) is 18.2 Å².